The third-order valence-electron chi connectivity index (χ3n) is 3.14. The highest BCUT2D eigenvalue weighted by molar-refractivity contribution is 7.89. The number of benzene rings is 1. The van der Waals surface area contributed by atoms with Gasteiger partial charge >= 0.3 is 0 Å². The van der Waals surface area contributed by atoms with Crippen LogP contribution >= 0.6 is 0 Å². The zero-order chi connectivity index (χ0) is 15.3. The number of aromatic nitrogens is 3. The Morgan fingerprint density at radius 3 is 2.81 bits per heavy atom. The summed E-state index contributed by atoms with van der Waals surface area (Å²) in [6, 6.07) is 4.83. The van der Waals surface area contributed by atoms with Gasteiger partial charge in [-0.05, 0) is 30.5 Å². The largest absolute Gasteiger partial charge is 0.398 e. The van der Waals surface area contributed by atoms with Crippen LogP contribution in [0.2, 0.25) is 0 Å². The fourth-order valence-corrected chi connectivity index (χ4v) is 3.05. The zero-order valence-electron chi connectivity index (χ0n) is 11.9. The van der Waals surface area contributed by atoms with Gasteiger partial charge in [0.2, 0.25) is 10.0 Å². The third-order valence-corrected chi connectivity index (χ3v) is 4.60. The summed E-state index contributed by atoms with van der Waals surface area (Å²) < 4.78 is 28.5. The summed E-state index contributed by atoms with van der Waals surface area (Å²) >= 11 is 0. The Morgan fingerprint density at radius 2 is 2.19 bits per heavy atom. The molecule has 0 amide bonds. The van der Waals surface area contributed by atoms with Crippen LogP contribution in [0.25, 0.3) is 0 Å². The second-order valence-electron chi connectivity index (χ2n) is 4.63. The first-order valence-corrected chi connectivity index (χ1v) is 8.23. The van der Waals surface area contributed by atoms with Crippen molar-refractivity contribution in [2.45, 2.75) is 31.2 Å². The molecule has 8 heteroatoms. The van der Waals surface area contributed by atoms with Gasteiger partial charge in [-0.15, -0.1) is 5.10 Å². The average Bonchev–Trinajstić information content (AvgIpc) is 2.97. The van der Waals surface area contributed by atoms with E-state index < -0.39 is 10.0 Å². The highest BCUT2D eigenvalue weighted by Crippen LogP contribution is 2.18. The molecule has 0 bridgehead atoms. The molecule has 21 heavy (non-hydrogen) atoms. The fourth-order valence-electron chi connectivity index (χ4n) is 1.95. The maximum atomic E-state index is 12.1. The number of sulfonamides is 1. The Balaban J connectivity index is 1.93. The fraction of sp³-hybridized carbons (Fsp3) is 0.385. The lowest BCUT2D eigenvalue weighted by atomic mass is 10.1. The number of nitrogens with one attached hydrogen (secondary N) is 1. The summed E-state index contributed by atoms with van der Waals surface area (Å²) in [5.41, 5.74) is 7.28. The van der Waals surface area contributed by atoms with E-state index in [9.17, 15) is 8.42 Å². The minimum Gasteiger partial charge on any atom is -0.398 e. The monoisotopic (exact) mass is 309 g/mol. The van der Waals surface area contributed by atoms with Gasteiger partial charge in [0.25, 0.3) is 0 Å². The molecule has 114 valence electrons. The molecule has 0 spiro atoms. The Bertz CT molecular complexity index is 683. The molecule has 0 unspecified atom stereocenters. The number of nitrogens with two attached hydrogens (primary N) is 1. The van der Waals surface area contributed by atoms with Crippen molar-refractivity contribution in [2.24, 2.45) is 0 Å². The van der Waals surface area contributed by atoms with Gasteiger partial charge in [0.15, 0.2) is 0 Å². The summed E-state index contributed by atoms with van der Waals surface area (Å²) in [5.74, 6) is 0. The highest BCUT2D eigenvalue weighted by Gasteiger charge is 2.14. The van der Waals surface area contributed by atoms with Crippen molar-refractivity contribution >= 4 is 15.7 Å². The van der Waals surface area contributed by atoms with Crippen molar-refractivity contribution in [1.29, 1.82) is 0 Å². The van der Waals surface area contributed by atoms with Gasteiger partial charge in [0.05, 0.1) is 11.1 Å². The quantitative estimate of drug-likeness (QED) is 0.581. The first-order chi connectivity index (χ1) is 10.0. The molecule has 0 aliphatic rings. The van der Waals surface area contributed by atoms with E-state index in [1.165, 1.54) is 6.07 Å². The molecule has 0 radical (unpaired) electrons. The van der Waals surface area contributed by atoms with Crippen LogP contribution in [0.4, 0.5) is 5.69 Å². The second-order valence-corrected chi connectivity index (χ2v) is 6.40. The van der Waals surface area contributed by atoms with Gasteiger partial charge < -0.3 is 5.73 Å². The predicted octanol–water partition coefficient (Wildman–Crippen LogP) is 0.791. The first-order valence-electron chi connectivity index (χ1n) is 6.75. The normalized spacial score (nSPS) is 11.7. The molecule has 1 aromatic heterocycles. The molecule has 1 heterocycles. The molecule has 2 aromatic rings. The average molecular weight is 309 g/mol. The number of aryl methyl sites for hydroxylation is 2. The van der Waals surface area contributed by atoms with E-state index in [0.29, 0.717) is 25.2 Å². The molecule has 2 rings (SSSR count). The van der Waals surface area contributed by atoms with Gasteiger partial charge in [-0.2, -0.15) is 0 Å². The molecule has 0 atom stereocenters. The van der Waals surface area contributed by atoms with Crippen molar-refractivity contribution < 1.29 is 8.42 Å². The van der Waals surface area contributed by atoms with Gasteiger partial charge in [-0.1, -0.05) is 18.2 Å². The maximum Gasteiger partial charge on any atom is 0.240 e. The molecule has 0 saturated heterocycles. The zero-order valence-corrected chi connectivity index (χ0v) is 12.7. The number of rotatable bonds is 7. The Kier molecular flexibility index (Phi) is 4.92. The second kappa shape index (κ2) is 6.68. The van der Waals surface area contributed by atoms with E-state index in [4.69, 9.17) is 5.73 Å². The molecule has 3 N–H and O–H groups in total. The van der Waals surface area contributed by atoms with Gasteiger partial charge in [0.1, 0.15) is 0 Å². The van der Waals surface area contributed by atoms with E-state index in [0.717, 1.165) is 12.0 Å². The predicted molar refractivity (Wildman–Crippen MR) is 80.1 cm³/mol. The van der Waals surface area contributed by atoms with E-state index in [1.807, 2.05) is 6.92 Å². The van der Waals surface area contributed by atoms with Crippen molar-refractivity contribution in [1.82, 2.24) is 19.7 Å². The van der Waals surface area contributed by atoms with Crippen LogP contribution in [0.15, 0.2) is 35.5 Å². The molecular weight excluding hydrogens is 290 g/mol. The van der Waals surface area contributed by atoms with E-state index in [1.54, 1.807) is 29.2 Å². The Labute approximate surface area is 124 Å². The summed E-state index contributed by atoms with van der Waals surface area (Å²) in [6.45, 7) is 2.92. The van der Waals surface area contributed by atoms with Crippen molar-refractivity contribution in [2.75, 3.05) is 12.3 Å². The number of nitrogen functional groups attached to an aromatic ring is 1. The van der Waals surface area contributed by atoms with Crippen LogP contribution in [0.3, 0.4) is 0 Å². The van der Waals surface area contributed by atoms with Crippen LogP contribution in [-0.2, 0) is 23.0 Å². The van der Waals surface area contributed by atoms with E-state index >= 15 is 0 Å². The molecule has 0 aliphatic carbocycles. The maximum absolute atomic E-state index is 12.1. The summed E-state index contributed by atoms with van der Waals surface area (Å²) in [5, 5.41) is 7.50. The summed E-state index contributed by atoms with van der Waals surface area (Å²) in [6.07, 6.45) is 4.73. The van der Waals surface area contributed by atoms with E-state index in [2.05, 4.69) is 15.0 Å². The van der Waals surface area contributed by atoms with Crippen LogP contribution in [0.5, 0.6) is 0 Å². The SMILES string of the molecule is CCc1ccc(S(=O)(=O)NCCCn2ccnn2)cc1N. The first kappa shape index (κ1) is 15.5. The lowest BCUT2D eigenvalue weighted by Crippen LogP contribution is -2.25. The van der Waals surface area contributed by atoms with Crippen LogP contribution in [0.1, 0.15) is 18.9 Å². The smallest absolute Gasteiger partial charge is 0.240 e. The minimum atomic E-state index is -3.52. The molecule has 0 saturated carbocycles. The highest BCUT2D eigenvalue weighted by atomic mass is 32.2. The number of nitrogens with zero attached hydrogens (tertiary/aromatic N) is 3. The third kappa shape index (κ3) is 4.02. The number of hydrogen-bond donors (Lipinski definition) is 2. The van der Waals surface area contributed by atoms with E-state index in [-0.39, 0.29) is 4.90 Å². The van der Waals surface area contributed by atoms with Crippen LogP contribution < -0.4 is 10.5 Å². The summed E-state index contributed by atoms with van der Waals surface area (Å²) in [7, 11) is -3.52. The minimum absolute atomic E-state index is 0.193. The number of anilines is 1. The van der Waals surface area contributed by atoms with Gasteiger partial charge in [0, 0.05) is 25.0 Å². The van der Waals surface area contributed by atoms with Crippen molar-refractivity contribution in [3.8, 4) is 0 Å². The van der Waals surface area contributed by atoms with Crippen molar-refractivity contribution in [3.63, 3.8) is 0 Å². The summed E-state index contributed by atoms with van der Waals surface area (Å²) in [4.78, 5) is 0.193. The molecular formula is C13H19N5O2S. The lowest BCUT2D eigenvalue weighted by molar-refractivity contribution is 0.542. The molecule has 1 aromatic carbocycles. The van der Waals surface area contributed by atoms with Crippen molar-refractivity contribution in [3.05, 3.63) is 36.2 Å². The molecule has 0 fully saturated rings. The Hall–Kier alpha value is -1.93. The molecule has 0 aliphatic heterocycles. The Morgan fingerprint density at radius 1 is 1.38 bits per heavy atom. The topological polar surface area (TPSA) is 103 Å². The van der Waals surface area contributed by atoms with Crippen LogP contribution in [-0.4, -0.2) is 30.0 Å². The van der Waals surface area contributed by atoms with Gasteiger partial charge in [-0.25, -0.2) is 13.1 Å². The lowest BCUT2D eigenvalue weighted by Gasteiger charge is -2.09. The van der Waals surface area contributed by atoms with Gasteiger partial charge in [-0.3, -0.25) is 4.68 Å². The standard InChI is InChI=1S/C13H19N5O2S/c1-2-11-4-5-12(10-13(11)14)21(19,20)16-6-3-8-18-9-7-15-17-18/h4-5,7,9-10,16H,2-3,6,8,14H2,1H3. The number of hydrogen-bond acceptors (Lipinski definition) is 5. The molecule has 7 nitrogen and oxygen atoms in total. The van der Waals surface area contributed by atoms with Crippen LogP contribution in [0, 0.1) is 0 Å².